The van der Waals surface area contributed by atoms with Crippen molar-refractivity contribution in [3.05, 3.63) is 51.6 Å². The van der Waals surface area contributed by atoms with Crippen molar-refractivity contribution in [2.24, 2.45) is 0 Å². The fraction of sp³-hybridized carbons (Fsp3) is 0.118. The zero-order valence-corrected chi connectivity index (χ0v) is 14.7. The molecular weight excluding hydrogens is 396 g/mol. The molecule has 1 aromatic heterocycles. The average molecular weight is 408 g/mol. The van der Waals surface area contributed by atoms with Crippen molar-refractivity contribution in [3.63, 3.8) is 0 Å². The predicted molar refractivity (Wildman–Crippen MR) is 96.4 cm³/mol. The van der Waals surface area contributed by atoms with Crippen molar-refractivity contribution < 1.29 is 14.3 Å². The molecule has 24 heavy (non-hydrogen) atoms. The van der Waals surface area contributed by atoms with Crippen molar-refractivity contribution in [2.75, 3.05) is 18.5 Å². The smallest absolute Gasteiger partial charge is 0.272 e. The Morgan fingerprint density at radius 2 is 1.88 bits per heavy atom. The molecule has 0 radical (unpaired) electrons. The van der Waals surface area contributed by atoms with E-state index in [1.54, 1.807) is 24.3 Å². The molecule has 4 rings (SSSR count). The highest BCUT2D eigenvalue weighted by Gasteiger charge is 2.17. The number of ether oxygens (including phenoxy) is 2. The maximum absolute atomic E-state index is 12.5. The van der Waals surface area contributed by atoms with Crippen molar-refractivity contribution in [1.82, 2.24) is 4.98 Å². The summed E-state index contributed by atoms with van der Waals surface area (Å²) in [7, 11) is 0. The molecule has 1 amide bonds. The lowest BCUT2D eigenvalue weighted by molar-refractivity contribution is 0.102. The van der Waals surface area contributed by atoms with Crippen LogP contribution >= 0.6 is 27.5 Å². The number of hydrogen-bond donors (Lipinski definition) is 2. The number of carbonyl (C=O) groups excluding carboxylic acids is 1. The molecule has 0 aliphatic carbocycles. The van der Waals surface area contributed by atoms with E-state index in [0.717, 1.165) is 15.4 Å². The first-order valence-electron chi connectivity index (χ1n) is 7.29. The second-order valence-electron chi connectivity index (χ2n) is 5.34. The van der Waals surface area contributed by atoms with Crippen molar-refractivity contribution in [1.29, 1.82) is 0 Å². The minimum Gasteiger partial charge on any atom is -0.486 e. The monoisotopic (exact) mass is 406 g/mol. The van der Waals surface area contributed by atoms with Gasteiger partial charge in [-0.2, -0.15) is 0 Å². The fourth-order valence-corrected chi connectivity index (χ4v) is 3.18. The number of halogens is 2. The highest BCUT2D eigenvalue weighted by molar-refractivity contribution is 9.10. The number of rotatable bonds is 2. The summed E-state index contributed by atoms with van der Waals surface area (Å²) < 4.78 is 11.8. The minimum atomic E-state index is -0.250. The van der Waals surface area contributed by atoms with Crippen molar-refractivity contribution >= 4 is 50.0 Å². The Balaban J connectivity index is 1.63. The zero-order valence-electron chi connectivity index (χ0n) is 12.4. The molecular formula is C17H12BrClN2O3. The number of benzene rings is 2. The largest absolute Gasteiger partial charge is 0.486 e. The Hall–Kier alpha value is -2.18. The molecule has 2 aromatic carbocycles. The first kappa shape index (κ1) is 15.4. The highest BCUT2D eigenvalue weighted by Crippen LogP contribution is 2.38. The van der Waals surface area contributed by atoms with Gasteiger partial charge in [0.25, 0.3) is 5.91 Å². The van der Waals surface area contributed by atoms with Crippen LogP contribution in [0.15, 0.2) is 40.9 Å². The molecule has 7 heteroatoms. The van der Waals surface area contributed by atoms with Gasteiger partial charge in [0.05, 0.1) is 5.69 Å². The molecule has 5 nitrogen and oxygen atoms in total. The minimum absolute atomic E-state index is 0.250. The summed E-state index contributed by atoms with van der Waals surface area (Å²) in [4.78, 5) is 15.6. The van der Waals surface area contributed by atoms with E-state index in [9.17, 15) is 4.79 Å². The van der Waals surface area contributed by atoms with Crippen LogP contribution in [0.5, 0.6) is 11.5 Å². The van der Waals surface area contributed by atoms with Gasteiger partial charge < -0.3 is 19.8 Å². The molecule has 0 fully saturated rings. The molecule has 0 bridgehead atoms. The van der Waals surface area contributed by atoms with Gasteiger partial charge in [0.1, 0.15) is 18.9 Å². The van der Waals surface area contributed by atoms with Crippen LogP contribution in [-0.4, -0.2) is 24.1 Å². The number of fused-ring (bicyclic) bond motifs is 2. The quantitative estimate of drug-likeness (QED) is 0.652. The first-order valence-corrected chi connectivity index (χ1v) is 8.46. The fourth-order valence-electron chi connectivity index (χ4n) is 2.58. The van der Waals surface area contributed by atoms with Gasteiger partial charge in [-0.1, -0.05) is 11.6 Å². The Morgan fingerprint density at radius 3 is 2.67 bits per heavy atom. The van der Waals surface area contributed by atoms with Crippen molar-refractivity contribution in [2.45, 2.75) is 0 Å². The molecule has 0 saturated heterocycles. The van der Waals surface area contributed by atoms with E-state index in [4.69, 9.17) is 21.1 Å². The van der Waals surface area contributed by atoms with E-state index in [1.807, 2.05) is 12.1 Å². The van der Waals surface area contributed by atoms with Crippen LogP contribution in [0.2, 0.25) is 5.02 Å². The van der Waals surface area contributed by atoms with Crippen LogP contribution in [0.1, 0.15) is 10.5 Å². The molecule has 0 unspecified atom stereocenters. The van der Waals surface area contributed by atoms with Crippen LogP contribution < -0.4 is 14.8 Å². The molecule has 3 aromatic rings. The molecule has 0 spiro atoms. The number of anilines is 1. The van der Waals surface area contributed by atoms with E-state index in [0.29, 0.717) is 41.1 Å². The second-order valence-corrected chi connectivity index (χ2v) is 6.64. The third-order valence-corrected chi connectivity index (χ3v) is 4.60. The second kappa shape index (κ2) is 6.03. The Labute approximate surface area is 151 Å². The summed E-state index contributed by atoms with van der Waals surface area (Å²) in [6.45, 7) is 1.01. The molecule has 122 valence electrons. The third-order valence-electron chi connectivity index (χ3n) is 3.71. The standard InChI is InChI=1S/C17H12BrClN2O3/c18-11-7-15-16(24-4-3-23-15)8-13(11)21-17(22)14-6-9-5-10(19)1-2-12(9)20-14/h1-2,5-8,20H,3-4H2,(H,21,22). The van der Waals surface area contributed by atoms with Crippen LogP contribution in [0, 0.1) is 0 Å². The lowest BCUT2D eigenvalue weighted by atomic mass is 10.2. The number of aromatic amines is 1. The van der Waals surface area contributed by atoms with E-state index in [-0.39, 0.29) is 5.91 Å². The summed E-state index contributed by atoms with van der Waals surface area (Å²) in [6, 6.07) is 10.7. The Kier molecular flexibility index (Phi) is 3.86. The van der Waals surface area contributed by atoms with Gasteiger partial charge in [0.15, 0.2) is 11.5 Å². The molecule has 0 atom stereocenters. The Bertz CT molecular complexity index is 954. The van der Waals surface area contributed by atoms with Crippen LogP contribution in [0.25, 0.3) is 10.9 Å². The number of aromatic nitrogens is 1. The average Bonchev–Trinajstić information content (AvgIpc) is 2.98. The number of amides is 1. The van der Waals surface area contributed by atoms with Gasteiger partial charge in [-0.25, -0.2) is 0 Å². The number of hydrogen-bond acceptors (Lipinski definition) is 3. The normalized spacial score (nSPS) is 13.1. The van der Waals surface area contributed by atoms with Crippen LogP contribution in [0.3, 0.4) is 0 Å². The molecule has 2 N–H and O–H groups in total. The van der Waals surface area contributed by atoms with Gasteiger partial charge >= 0.3 is 0 Å². The maximum atomic E-state index is 12.5. The lowest BCUT2D eigenvalue weighted by Gasteiger charge is -2.20. The molecule has 0 saturated carbocycles. The van der Waals surface area contributed by atoms with Crippen LogP contribution in [0.4, 0.5) is 5.69 Å². The van der Waals surface area contributed by atoms with Gasteiger partial charge in [-0.3, -0.25) is 4.79 Å². The van der Waals surface area contributed by atoms with Crippen molar-refractivity contribution in [3.8, 4) is 11.5 Å². The summed E-state index contributed by atoms with van der Waals surface area (Å²) in [5.74, 6) is 1.02. The van der Waals surface area contributed by atoms with Gasteiger partial charge in [0, 0.05) is 32.5 Å². The number of nitrogens with one attached hydrogen (secondary N) is 2. The van der Waals surface area contributed by atoms with Crippen LogP contribution in [-0.2, 0) is 0 Å². The number of H-pyrrole nitrogens is 1. The van der Waals surface area contributed by atoms with E-state index < -0.39 is 0 Å². The topological polar surface area (TPSA) is 63.4 Å². The third kappa shape index (κ3) is 2.83. The van der Waals surface area contributed by atoms with E-state index >= 15 is 0 Å². The van der Waals surface area contributed by atoms with E-state index in [2.05, 4.69) is 26.2 Å². The summed E-state index contributed by atoms with van der Waals surface area (Å²) in [6.07, 6.45) is 0. The number of carbonyl (C=O) groups is 1. The summed E-state index contributed by atoms with van der Waals surface area (Å²) >= 11 is 9.42. The SMILES string of the molecule is O=C(Nc1cc2c(cc1Br)OCCO2)c1cc2cc(Cl)ccc2[nH]1. The summed E-state index contributed by atoms with van der Waals surface area (Å²) in [5, 5.41) is 4.38. The van der Waals surface area contributed by atoms with Gasteiger partial charge in [-0.05, 0) is 40.2 Å². The molecule has 1 aliphatic rings. The Morgan fingerprint density at radius 1 is 1.12 bits per heavy atom. The zero-order chi connectivity index (χ0) is 16.7. The lowest BCUT2D eigenvalue weighted by Crippen LogP contribution is -2.17. The summed E-state index contributed by atoms with van der Waals surface area (Å²) in [5.41, 5.74) is 1.92. The highest BCUT2D eigenvalue weighted by atomic mass is 79.9. The molecule has 1 aliphatic heterocycles. The maximum Gasteiger partial charge on any atom is 0.272 e. The molecule has 2 heterocycles. The predicted octanol–water partition coefficient (Wildman–Crippen LogP) is 4.61. The van der Waals surface area contributed by atoms with Gasteiger partial charge in [-0.15, -0.1) is 0 Å². The van der Waals surface area contributed by atoms with Gasteiger partial charge in [0.2, 0.25) is 0 Å². The van der Waals surface area contributed by atoms with E-state index in [1.165, 1.54) is 0 Å². The first-order chi connectivity index (χ1) is 11.6.